The van der Waals surface area contributed by atoms with Gasteiger partial charge in [0.05, 0.1) is 6.54 Å². The van der Waals surface area contributed by atoms with Crippen LogP contribution in [0.3, 0.4) is 0 Å². The maximum atomic E-state index is 12.0. The maximum absolute atomic E-state index is 12.0. The molecule has 6 nitrogen and oxygen atoms in total. The standard InChI is InChI=1S/C13H22N4O2/c1-13(2,3)12(18)15-10-5-4-6-17(7-10)8-11-16-14-9-19-11/h9-10H,4-8H2,1-3H3,(H,15,18). The molecule has 1 atom stereocenters. The number of piperidine rings is 1. The van der Waals surface area contributed by atoms with Crippen molar-refractivity contribution in [2.45, 2.75) is 46.2 Å². The topological polar surface area (TPSA) is 71.3 Å². The predicted molar refractivity (Wildman–Crippen MR) is 70.2 cm³/mol. The highest BCUT2D eigenvalue weighted by atomic mass is 16.4. The van der Waals surface area contributed by atoms with Crippen molar-refractivity contribution in [2.24, 2.45) is 5.41 Å². The fourth-order valence-electron chi connectivity index (χ4n) is 2.17. The Morgan fingerprint density at radius 2 is 2.37 bits per heavy atom. The van der Waals surface area contributed by atoms with Crippen molar-refractivity contribution in [3.63, 3.8) is 0 Å². The van der Waals surface area contributed by atoms with Crippen LogP contribution >= 0.6 is 0 Å². The van der Waals surface area contributed by atoms with Crippen molar-refractivity contribution in [2.75, 3.05) is 13.1 Å². The molecule has 1 aromatic heterocycles. The summed E-state index contributed by atoms with van der Waals surface area (Å²) in [6.45, 7) is 8.29. The number of carbonyl (C=O) groups is 1. The Hall–Kier alpha value is -1.43. The van der Waals surface area contributed by atoms with Crippen molar-refractivity contribution >= 4 is 5.91 Å². The summed E-state index contributed by atoms with van der Waals surface area (Å²) in [6, 6.07) is 0.211. The summed E-state index contributed by atoms with van der Waals surface area (Å²) in [6.07, 6.45) is 3.45. The molecule has 1 aliphatic heterocycles. The van der Waals surface area contributed by atoms with Gasteiger partial charge in [0.25, 0.3) is 0 Å². The minimum Gasteiger partial charge on any atom is -0.427 e. The first-order valence-electron chi connectivity index (χ1n) is 6.73. The Bertz CT molecular complexity index is 411. The van der Waals surface area contributed by atoms with Gasteiger partial charge in [0.2, 0.25) is 18.2 Å². The van der Waals surface area contributed by atoms with Crippen LogP contribution in [0.4, 0.5) is 0 Å². The lowest BCUT2D eigenvalue weighted by atomic mass is 9.94. The molecular formula is C13H22N4O2. The van der Waals surface area contributed by atoms with E-state index >= 15 is 0 Å². The molecule has 2 heterocycles. The van der Waals surface area contributed by atoms with Gasteiger partial charge in [-0.1, -0.05) is 20.8 Å². The summed E-state index contributed by atoms with van der Waals surface area (Å²) in [4.78, 5) is 14.2. The van der Waals surface area contributed by atoms with E-state index in [1.54, 1.807) is 0 Å². The molecule has 0 bridgehead atoms. The van der Waals surface area contributed by atoms with Gasteiger partial charge in [-0.15, -0.1) is 10.2 Å². The first-order valence-corrected chi connectivity index (χ1v) is 6.73. The minimum absolute atomic E-state index is 0.108. The molecule has 0 saturated carbocycles. The summed E-state index contributed by atoms with van der Waals surface area (Å²) in [7, 11) is 0. The van der Waals surface area contributed by atoms with E-state index in [1.807, 2.05) is 20.8 Å². The Morgan fingerprint density at radius 3 is 3.00 bits per heavy atom. The molecule has 0 aromatic carbocycles. The second-order valence-corrected chi connectivity index (χ2v) is 6.13. The zero-order valence-electron chi connectivity index (χ0n) is 11.8. The summed E-state index contributed by atoms with van der Waals surface area (Å²) in [5.41, 5.74) is -0.339. The molecule has 1 saturated heterocycles. The van der Waals surface area contributed by atoms with E-state index in [9.17, 15) is 4.79 Å². The number of likely N-dealkylation sites (tertiary alicyclic amines) is 1. The second-order valence-electron chi connectivity index (χ2n) is 6.13. The smallest absolute Gasteiger partial charge is 0.230 e. The number of hydrogen-bond acceptors (Lipinski definition) is 5. The van der Waals surface area contributed by atoms with Crippen LogP contribution in [-0.2, 0) is 11.3 Å². The van der Waals surface area contributed by atoms with Gasteiger partial charge in [-0.05, 0) is 19.4 Å². The number of amides is 1. The van der Waals surface area contributed by atoms with Crippen LogP contribution in [-0.4, -0.2) is 40.1 Å². The third-order valence-electron chi connectivity index (χ3n) is 3.29. The highest BCUT2D eigenvalue weighted by molar-refractivity contribution is 5.81. The van der Waals surface area contributed by atoms with Gasteiger partial charge in [-0.25, -0.2) is 0 Å². The van der Waals surface area contributed by atoms with Crippen LogP contribution in [0.5, 0.6) is 0 Å². The highest BCUT2D eigenvalue weighted by Gasteiger charge is 2.27. The van der Waals surface area contributed by atoms with Crippen molar-refractivity contribution in [3.05, 3.63) is 12.3 Å². The number of aromatic nitrogens is 2. The largest absolute Gasteiger partial charge is 0.427 e. The SMILES string of the molecule is CC(C)(C)C(=O)NC1CCCN(Cc2nnco2)C1. The van der Waals surface area contributed by atoms with E-state index in [2.05, 4.69) is 20.4 Å². The van der Waals surface area contributed by atoms with E-state index < -0.39 is 0 Å². The average molecular weight is 266 g/mol. The summed E-state index contributed by atoms with van der Waals surface area (Å²) in [5, 5.41) is 10.7. The number of hydrogen-bond donors (Lipinski definition) is 1. The Morgan fingerprint density at radius 1 is 1.58 bits per heavy atom. The summed E-state index contributed by atoms with van der Waals surface area (Å²) < 4.78 is 5.16. The molecule has 1 unspecified atom stereocenters. The number of carbonyl (C=O) groups excluding carboxylic acids is 1. The molecule has 1 fully saturated rings. The van der Waals surface area contributed by atoms with Gasteiger partial charge < -0.3 is 9.73 Å². The van der Waals surface area contributed by atoms with E-state index in [4.69, 9.17) is 4.42 Å². The molecule has 1 aliphatic rings. The maximum Gasteiger partial charge on any atom is 0.230 e. The molecule has 19 heavy (non-hydrogen) atoms. The minimum atomic E-state index is -0.339. The molecular weight excluding hydrogens is 244 g/mol. The number of nitrogens with zero attached hydrogens (tertiary/aromatic N) is 3. The van der Waals surface area contributed by atoms with Gasteiger partial charge in [-0.3, -0.25) is 9.69 Å². The van der Waals surface area contributed by atoms with E-state index in [0.717, 1.165) is 25.9 Å². The summed E-state index contributed by atoms with van der Waals surface area (Å²) in [5.74, 6) is 0.736. The quantitative estimate of drug-likeness (QED) is 0.890. The Balaban J connectivity index is 1.85. The van der Waals surface area contributed by atoms with Gasteiger partial charge in [0.15, 0.2) is 0 Å². The molecule has 1 N–H and O–H groups in total. The van der Waals surface area contributed by atoms with Crippen molar-refractivity contribution in [3.8, 4) is 0 Å². The zero-order chi connectivity index (χ0) is 13.9. The molecule has 106 valence electrons. The lowest BCUT2D eigenvalue weighted by Gasteiger charge is -2.33. The first kappa shape index (κ1) is 14.0. The van der Waals surface area contributed by atoms with Crippen LogP contribution < -0.4 is 5.32 Å². The second kappa shape index (κ2) is 5.69. The van der Waals surface area contributed by atoms with E-state index in [1.165, 1.54) is 6.39 Å². The average Bonchev–Trinajstić information content (AvgIpc) is 2.81. The molecule has 0 spiro atoms. The van der Waals surface area contributed by atoms with Crippen LogP contribution in [0.1, 0.15) is 39.5 Å². The monoisotopic (exact) mass is 266 g/mol. The Labute approximate surface area is 113 Å². The lowest BCUT2D eigenvalue weighted by molar-refractivity contribution is -0.129. The molecule has 0 aliphatic carbocycles. The molecule has 0 radical (unpaired) electrons. The van der Waals surface area contributed by atoms with Crippen molar-refractivity contribution < 1.29 is 9.21 Å². The summed E-state index contributed by atoms with van der Waals surface area (Å²) >= 11 is 0. The van der Waals surface area contributed by atoms with Crippen LogP contribution in [0.25, 0.3) is 0 Å². The van der Waals surface area contributed by atoms with Crippen molar-refractivity contribution in [1.29, 1.82) is 0 Å². The fourth-order valence-corrected chi connectivity index (χ4v) is 2.17. The first-order chi connectivity index (χ1) is 8.95. The third kappa shape index (κ3) is 4.02. The van der Waals surface area contributed by atoms with E-state index in [0.29, 0.717) is 12.4 Å². The molecule has 1 amide bonds. The number of rotatable bonds is 3. The van der Waals surface area contributed by atoms with Gasteiger partial charge >= 0.3 is 0 Å². The van der Waals surface area contributed by atoms with Crippen LogP contribution in [0.15, 0.2) is 10.8 Å². The normalized spacial score (nSPS) is 21.3. The highest BCUT2D eigenvalue weighted by Crippen LogP contribution is 2.17. The molecule has 2 rings (SSSR count). The lowest BCUT2D eigenvalue weighted by Crippen LogP contribution is -2.50. The van der Waals surface area contributed by atoms with Gasteiger partial charge in [0, 0.05) is 18.0 Å². The van der Waals surface area contributed by atoms with Crippen LogP contribution in [0.2, 0.25) is 0 Å². The fraction of sp³-hybridized carbons (Fsp3) is 0.769. The van der Waals surface area contributed by atoms with E-state index in [-0.39, 0.29) is 17.4 Å². The van der Waals surface area contributed by atoms with Crippen molar-refractivity contribution in [1.82, 2.24) is 20.4 Å². The predicted octanol–water partition coefficient (Wildman–Crippen LogP) is 1.20. The molecule has 6 heteroatoms. The van der Waals surface area contributed by atoms with Crippen LogP contribution in [0, 0.1) is 5.41 Å². The number of nitrogens with one attached hydrogen (secondary N) is 1. The van der Waals surface area contributed by atoms with Gasteiger partial charge in [-0.2, -0.15) is 0 Å². The van der Waals surface area contributed by atoms with Gasteiger partial charge in [0.1, 0.15) is 0 Å². The third-order valence-corrected chi connectivity index (χ3v) is 3.29. The Kier molecular flexibility index (Phi) is 4.19. The zero-order valence-corrected chi connectivity index (χ0v) is 11.8. The molecule has 1 aromatic rings.